The summed E-state index contributed by atoms with van der Waals surface area (Å²) in [6, 6.07) is 18.3. The summed E-state index contributed by atoms with van der Waals surface area (Å²) < 4.78 is 12.9. The number of aryl methyl sites for hydroxylation is 1. The Morgan fingerprint density at radius 1 is 1.10 bits per heavy atom. The number of carbonyl (C=O) groups is 1. The molecule has 0 aliphatic rings. The van der Waals surface area contributed by atoms with Gasteiger partial charge in [-0.05, 0) is 55.0 Å². The zero-order valence-corrected chi connectivity index (χ0v) is 17.3. The highest BCUT2D eigenvalue weighted by Gasteiger charge is 2.19. The minimum Gasteiger partial charge on any atom is -0.496 e. The number of aromatic nitrogens is 2. The lowest BCUT2D eigenvalue weighted by Crippen LogP contribution is -2.21. The maximum absolute atomic E-state index is 12.7. The van der Waals surface area contributed by atoms with E-state index >= 15 is 0 Å². The minimum atomic E-state index is -0.301. The second kappa shape index (κ2) is 8.47. The molecule has 0 atom stereocenters. The summed E-state index contributed by atoms with van der Waals surface area (Å²) in [5, 5.41) is 3.55. The van der Waals surface area contributed by atoms with Crippen LogP contribution in [0.25, 0.3) is 16.9 Å². The number of nitrogens with one attached hydrogen (secondary N) is 1. The van der Waals surface area contributed by atoms with E-state index in [1.54, 1.807) is 31.4 Å². The third-order valence-corrected chi connectivity index (χ3v) is 4.82. The summed E-state index contributed by atoms with van der Waals surface area (Å²) in [5.74, 6) is 1.49. The second-order valence-electron chi connectivity index (χ2n) is 6.73. The molecule has 0 spiro atoms. The SMILES string of the molecule is COc1ccccc1-c1nc2ccc(C)cn2c1NC(=O)COc1ccc(Cl)cc1. The number of methoxy groups -OCH3 is 1. The molecule has 0 saturated heterocycles. The van der Waals surface area contributed by atoms with Gasteiger partial charge in [-0.15, -0.1) is 0 Å². The van der Waals surface area contributed by atoms with E-state index in [0.717, 1.165) is 16.8 Å². The first kappa shape index (κ1) is 19.8. The molecule has 0 fully saturated rings. The standard InChI is InChI=1S/C23H20ClN3O3/c1-15-7-12-20-25-22(18-5-3-4-6-19(18)29-2)23(27(20)13-15)26-21(28)14-30-17-10-8-16(24)9-11-17/h3-13H,14H2,1-2H3,(H,26,28). The van der Waals surface area contributed by atoms with E-state index in [1.807, 2.05) is 53.9 Å². The summed E-state index contributed by atoms with van der Waals surface area (Å²) in [7, 11) is 1.61. The Kier molecular flexibility index (Phi) is 5.59. The van der Waals surface area contributed by atoms with Gasteiger partial charge in [-0.25, -0.2) is 4.98 Å². The fraction of sp³-hybridized carbons (Fsp3) is 0.130. The zero-order chi connectivity index (χ0) is 21.1. The molecule has 0 radical (unpaired) electrons. The number of benzene rings is 2. The molecule has 0 aliphatic carbocycles. The number of hydrogen-bond acceptors (Lipinski definition) is 4. The molecular formula is C23H20ClN3O3. The Balaban J connectivity index is 1.67. The number of para-hydroxylation sites is 1. The Morgan fingerprint density at radius 2 is 1.87 bits per heavy atom. The van der Waals surface area contributed by atoms with Gasteiger partial charge in [0, 0.05) is 16.8 Å². The van der Waals surface area contributed by atoms with Crippen molar-refractivity contribution in [1.29, 1.82) is 0 Å². The number of fused-ring (bicyclic) bond motifs is 1. The van der Waals surface area contributed by atoms with Crippen molar-refractivity contribution in [3.8, 4) is 22.8 Å². The van der Waals surface area contributed by atoms with Crippen LogP contribution in [0.4, 0.5) is 5.82 Å². The molecule has 0 aliphatic heterocycles. The Bertz CT molecular complexity index is 1200. The van der Waals surface area contributed by atoms with Crippen molar-refractivity contribution in [2.45, 2.75) is 6.92 Å². The number of pyridine rings is 1. The molecule has 0 bridgehead atoms. The first-order valence-electron chi connectivity index (χ1n) is 9.35. The molecule has 1 amide bonds. The number of nitrogens with zero attached hydrogens (tertiary/aromatic N) is 2. The van der Waals surface area contributed by atoms with Gasteiger partial charge in [0.05, 0.1) is 7.11 Å². The number of hydrogen-bond donors (Lipinski definition) is 1. The van der Waals surface area contributed by atoms with Crippen molar-refractivity contribution in [3.05, 3.63) is 77.4 Å². The number of carbonyl (C=O) groups excluding carboxylic acids is 1. The van der Waals surface area contributed by atoms with Gasteiger partial charge < -0.3 is 14.8 Å². The van der Waals surface area contributed by atoms with Crippen LogP contribution >= 0.6 is 11.6 Å². The molecule has 1 N–H and O–H groups in total. The number of ether oxygens (including phenoxy) is 2. The van der Waals surface area contributed by atoms with Gasteiger partial charge >= 0.3 is 0 Å². The van der Waals surface area contributed by atoms with Crippen LogP contribution in [0.3, 0.4) is 0 Å². The van der Waals surface area contributed by atoms with E-state index in [0.29, 0.717) is 28.0 Å². The monoisotopic (exact) mass is 421 g/mol. The van der Waals surface area contributed by atoms with Crippen LogP contribution in [0.15, 0.2) is 66.9 Å². The summed E-state index contributed by atoms with van der Waals surface area (Å²) in [6.07, 6.45) is 1.93. The van der Waals surface area contributed by atoms with E-state index in [4.69, 9.17) is 26.1 Å². The lowest BCUT2D eigenvalue weighted by Gasteiger charge is -2.11. The quantitative estimate of drug-likeness (QED) is 0.476. The average molecular weight is 422 g/mol. The predicted molar refractivity (Wildman–Crippen MR) is 117 cm³/mol. The minimum absolute atomic E-state index is 0.147. The number of amides is 1. The smallest absolute Gasteiger partial charge is 0.263 e. The third kappa shape index (κ3) is 4.09. The number of halogens is 1. The molecule has 7 heteroatoms. The number of imidazole rings is 1. The van der Waals surface area contributed by atoms with Crippen molar-refractivity contribution in [1.82, 2.24) is 9.38 Å². The number of rotatable bonds is 6. The second-order valence-corrected chi connectivity index (χ2v) is 7.17. The zero-order valence-electron chi connectivity index (χ0n) is 16.6. The van der Waals surface area contributed by atoms with Crippen LogP contribution in [0.5, 0.6) is 11.5 Å². The predicted octanol–water partition coefficient (Wildman–Crippen LogP) is 4.99. The van der Waals surface area contributed by atoms with E-state index in [9.17, 15) is 4.79 Å². The van der Waals surface area contributed by atoms with Crippen LogP contribution in [0.2, 0.25) is 5.02 Å². The fourth-order valence-corrected chi connectivity index (χ4v) is 3.27. The molecule has 2 aromatic heterocycles. The summed E-state index contributed by atoms with van der Waals surface area (Å²) >= 11 is 5.88. The first-order chi connectivity index (χ1) is 14.5. The van der Waals surface area contributed by atoms with Crippen molar-refractivity contribution in [3.63, 3.8) is 0 Å². The summed E-state index contributed by atoms with van der Waals surface area (Å²) in [6.45, 7) is 1.84. The molecule has 2 heterocycles. The Hall–Kier alpha value is -3.51. The summed E-state index contributed by atoms with van der Waals surface area (Å²) in [4.78, 5) is 17.4. The van der Waals surface area contributed by atoms with Gasteiger partial charge in [0.15, 0.2) is 6.61 Å². The average Bonchev–Trinajstić information content (AvgIpc) is 3.10. The Morgan fingerprint density at radius 3 is 2.63 bits per heavy atom. The van der Waals surface area contributed by atoms with Crippen LogP contribution in [0.1, 0.15) is 5.56 Å². The first-order valence-corrected chi connectivity index (χ1v) is 9.73. The lowest BCUT2D eigenvalue weighted by atomic mass is 10.1. The third-order valence-electron chi connectivity index (χ3n) is 4.57. The topological polar surface area (TPSA) is 64.9 Å². The van der Waals surface area contributed by atoms with Gasteiger partial charge in [-0.2, -0.15) is 0 Å². The maximum Gasteiger partial charge on any atom is 0.263 e. The van der Waals surface area contributed by atoms with E-state index in [1.165, 1.54) is 0 Å². The highest BCUT2D eigenvalue weighted by molar-refractivity contribution is 6.30. The van der Waals surface area contributed by atoms with Crippen LogP contribution < -0.4 is 14.8 Å². The fourth-order valence-electron chi connectivity index (χ4n) is 3.15. The lowest BCUT2D eigenvalue weighted by molar-refractivity contribution is -0.118. The van der Waals surface area contributed by atoms with Crippen molar-refractivity contribution in [2.75, 3.05) is 19.0 Å². The molecule has 4 rings (SSSR count). The molecule has 152 valence electrons. The van der Waals surface area contributed by atoms with Gasteiger partial charge in [-0.3, -0.25) is 9.20 Å². The van der Waals surface area contributed by atoms with Gasteiger partial charge in [0.1, 0.15) is 28.7 Å². The molecule has 2 aromatic carbocycles. The van der Waals surface area contributed by atoms with Crippen molar-refractivity contribution < 1.29 is 14.3 Å². The summed E-state index contributed by atoms with van der Waals surface area (Å²) in [5.41, 5.74) is 3.17. The van der Waals surface area contributed by atoms with Crippen molar-refractivity contribution in [2.24, 2.45) is 0 Å². The van der Waals surface area contributed by atoms with Gasteiger partial charge in [0.2, 0.25) is 0 Å². The molecule has 0 saturated carbocycles. The van der Waals surface area contributed by atoms with Gasteiger partial charge in [0.25, 0.3) is 5.91 Å². The van der Waals surface area contributed by atoms with Crippen molar-refractivity contribution >= 4 is 29.0 Å². The van der Waals surface area contributed by atoms with E-state index in [-0.39, 0.29) is 12.5 Å². The highest BCUT2D eigenvalue weighted by atomic mass is 35.5. The van der Waals surface area contributed by atoms with E-state index in [2.05, 4.69) is 5.32 Å². The van der Waals surface area contributed by atoms with E-state index < -0.39 is 0 Å². The molecule has 30 heavy (non-hydrogen) atoms. The largest absolute Gasteiger partial charge is 0.496 e. The highest BCUT2D eigenvalue weighted by Crippen LogP contribution is 2.35. The molecular weight excluding hydrogens is 402 g/mol. The molecule has 6 nitrogen and oxygen atoms in total. The normalized spacial score (nSPS) is 10.8. The van der Waals surface area contributed by atoms with Crippen LogP contribution in [-0.4, -0.2) is 29.0 Å². The molecule has 4 aromatic rings. The Labute approximate surface area is 179 Å². The van der Waals surface area contributed by atoms with Crippen LogP contribution in [-0.2, 0) is 4.79 Å². The maximum atomic E-state index is 12.7. The van der Waals surface area contributed by atoms with Crippen LogP contribution in [0, 0.1) is 6.92 Å². The number of anilines is 1. The molecule has 0 unspecified atom stereocenters. The van der Waals surface area contributed by atoms with Gasteiger partial charge in [-0.1, -0.05) is 29.8 Å².